The standard InChI is InChI=1S/C25H26N2O7S/c1-32-19-9-6-18(7-10-19)8-15-24(28)27-23-5-3-2-4-22(23)25(29)34-17-16-33-20-11-13-21(14-12-20)35(26,30)31/h2-7,9-14H,8,15-17H2,1H3,(H,27,28)(H2,26,30,31). The van der Waals surface area contributed by atoms with Gasteiger partial charge in [0, 0.05) is 6.42 Å². The van der Waals surface area contributed by atoms with Gasteiger partial charge in [-0.15, -0.1) is 0 Å². The minimum Gasteiger partial charge on any atom is -0.497 e. The zero-order chi connectivity index (χ0) is 25.3. The zero-order valence-corrected chi connectivity index (χ0v) is 19.9. The van der Waals surface area contributed by atoms with Gasteiger partial charge in [0.1, 0.15) is 24.7 Å². The molecular formula is C25H26N2O7S. The van der Waals surface area contributed by atoms with Crippen LogP contribution in [0.4, 0.5) is 5.69 Å². The lowest BCUT2D eigenvalue weighted by Crippen LogP contribution is -2.17. The predicted octanol–water partition coefficient (Wildman–Crippen LogP) is 3.15. The van der Waals surface area contributed by atoms with Gasteiger partial charge in [0.15, 0.2) is 0 Å². The second kappa shape index (κ2) is 12.0. The Morgan fingerprint density at radius 1 is 0.886 bits per heavy atom. The van der Waals surface area contributed by atoms with Crippen molar-refractivity contribution in [3.05, 3.63) is 83.9 Å². The Kier molecular flexibility index (Phi) is 8.82. The molecule has 3 aromatic carbocycles. The van der Waals surface area contributed by atoms with Gasteiger partial charge in [-0.05, 0) is 60.5 Å². The fraction of sp³-hybridized carbons (Fsp3) is 0.200. The predicted molar refractivity (Wildman–Crippen MR) is 130 cm³/mol. The average molecular weight is 499 g/mol. The van der Waals surface area contributed by atoms with E-state index >= 15 is 0 Å². The molecule has 0 aliphatic carbocycles. The van der Waals surface area contributed by atoms with E-state index in [1.54, 1.807) is 31.4 Å². The minimum absolute atomic E-state index is 0.0288. The number of benzene rings is 3. The van der Waals surface area contributed by atoms with Crippen molar-refractivity contribution in [1.29, 1.82) is 0 Å². The molecule has 0 heterocycles. The van der Waals surface area contributed by atoms with Gasteiger partial charge in [0.2, 0.25) is 15.9 Å². The molecule has 0 atom stereocenters. The van der Waals surface area contributed by atoms with Crippen molar-refractivity contribution >= 4 is 27.6 Å². The molecule has 3 rings (SSSR count). The Morgan fingerprint density at radius 2 is 1.54 bits per heavy atom. The van der Waals surface area contributed by atoms with Crippen LogP contribution in [0.25, 0.3) is 0 Å². The molecule has 0 saturated carbocycles. The Bertz CT molecular complexity index is 1260. The number of rotatable bonds is 11. The smallest absolute Gasteiger partial charge is 0.340 e. The molecule has 0 fully saturated rings. The second-order valence-electron chi connectivity index (χ2n) is 7.44. The van der Waals surface area contributed by atoms with Crippen LogP contribution >= 0.6 is 0 Å². The van der Waals surface area contributed by atoms with Gasteiger partial charge in [0.05, 0.1) is 23.3 Å². The van der Waals surface area contributed by atoms with Gasteiger partial charge < -0.3 is 19.5 Å². The summed E-state index contributed by atoms with van der Waals surface area (Å²) < 4.78 is 38.4. The maximum atomic E-state index is 12.5. The minimum atomic E-state index is -3.78. The van der Waals surface area contributed by atoms with Crippen molar-refractivity contribution in [2.24, 2.45) is 5.14 Å². The first kappa shape index (κ1) is 25.7. The Labute approximate surface area is 203 Å². The lowest BCUT2D eigenvalue weighted by atomic mass is 10.1. The van der Waals surface area contributed by atoms with E-state index in [-0.39, 0.29) is 36.0 Å². The molecule has 35 heavy (non-hydrogen) atoms. The van der Waals surface area contributed by atoms with Crippen LogP contribution in [0.5, 0.6) is 11.5 Å². The molecule has 3 aromatic rings. The first-order valence-electron chi connectivity index (χ1n) is 10.7. The number of aryl methyl sites for hydroxylation is 1. The van der Waals surface area contributed by atoms with Gasteiger partial charge in [-0.1, -0.05) is 24.3 Å². The number of esters is 1. The van der Waals surface area contributed by atoms with E-state index in [1.807, 2.05) is 24.3 Å². The van der Waals surface area contributed by atoms with Crippen LogP contribution < -0.4 is 19.9 Å². The molecule has 3 N–H and O–H groups in total. The molecule has 0 saturated heterocycles. The molecule has 184 valence electrons. The topological polar surface area (TPSA) is 134 Å². The molecular weight excluding hydrogens is 472 g/mol. The first-order chi connectivity index (χ1) is 16.8. The summed E-state index contributed by atoms with van der Waals surface area (Å²) in [4.78, 5) is 24.9. The van der Waals surface area contributed by atoms with E-state index in [9.17, 15) is 18.0 Å². The van der Waals surface area contributed by atoms with E-state index in [4.69, 9.17) is 19.3 Å². The third kappa shape index (κ3) is 7.83. The summed E-state index contributed by atoms with van der Waals surface area (Å²) in [5, 5.41) is 7.82. The largest absolute Gasteiger partial charge is 0.497 e. The Balaban J connectivity index is 1.48. The van der Waals surface area contributed by atoms with Crippen LogP contribution in [0, 0.1) is 0 Å². The number of carbonyl (C=O) groups is 2. The summed E-state index contributed by atoms with van der Waals surface area (Å²) in [6.07, 6.45) is 0.783. The average Bonchev–Trinajstić information content (AvgIpc) is 2.85. The van der Waals surface area contributed by atoms with E-state index in [1.165, 1.54) is 24.3 Å². The maximum Gasteiger partial charge on any atom is 0.340 e. The number of para-hydroxylation sites is 1. The molecule has 0 unspecified atom stereocenters. The van der Waals surface area contributed by atoms with Crippen LogP contribution in [-0.4, -0.2) is 40.6 Å². The number of methoxy groups -OCH3 is 1. The number of sulfonamides is 1. The van der Waals surface area contributed by atoms with Crippen LogP contribution in [-0.2, 0) is 26.0 Å². The highest BCUT2D eigenvalue weighted by Gasteiger charge is 2.15. The van der Waals surface area contributed by atoms with Gasteiger partial charge in [-0.2, -0.15) is 0 Å². The van der Waals surface area contributed by atoms with Crippen LogP contribution in [0.2, 0.25) is 0 Å². The lowest BCUT2D eigenvalue weighted by molar-refractivity contribution is -0.116. The summed E-state index contributed by atoms with van der Waals surface area (Å²) in [7, 11) is -2.19. The molecule has 0 aliphatic rings. The number of amides is 1. The first-order valence-corrected chi connectivity index (χ1v) is 12.3. The molecule has 10 heteroatoms. The number of nitrogens with two attached hydrogens (primary N) is 1. The summed E-state index contributed by atoms with van der Waals surface area (Å²) in [5.74, 6) is 0.311. The molecule has 0 bridgehead atoms. The number of nitrogens with one attached hydrogen (secondary N) is 1. The van der Waals surface area contributed by atoms with Crippen molar-refractivity contribution in [2.75, 3.05) is 25.6 Å². The van der Waals surface area contributed by atoms with E-state index in [0.29, 0.717) is 17.9 Å². The molecule has 1 amide bonds. The fourth-order valence-electron chi connectivity index (χ4n) is 3.13. The third-order valence-electron chi connectivity index (χ3n) is 4.96. The van der Waals surface area contributed by atoms with E-state index < -0.39 is 16.0 Å². The lowest BCUT2D eigenvalue weighted by Gasteiger charge is -2.12. The maximum absolute atomic E-state index is 12.5. The number of hydrogen-bond donors (Lipinski definition) is 2. The van der Waals surface area contributed by atoms with Crippen molar-refractivity contribution in [3.63, 3.8) is 0 Å². The van der Waals surface area contributed by atoms with Crippen molar-refractivity contribution in [1.82, 2.24) is 0 Å². The Hall–Kier alpha value is -3.89. The van der Waals surface area contributed by atoms with Crippen molar-refractivity contribution in [2.45, 2.75) is 17.7 Å². The van der Waals surface area contributed by atoms with Gasteiger partial charge in [0.25, 0.3) is 0 Å². The number of ether oxygens (including phenoxy) is 3. The van der Waals surface area contributed by atoms with Crippen LogP contribution in [0.15, 0.2) is 77.7 Å². The van der Waals surface area contributed by atoms with Gasteiger partial charge >= 0.3 is 5.97 Å². The number of primary sulfonamides is 1. The van der Waals surface area contributed by atoms with Crippen molar-refractivity contribution in [3.8, 4) is 11.5 Å². The number of hydrogen-bond acceptors (Lipinski definition) is 7. The zero-order valence-electron chi connectivity index (χ0n) is 19.1. The fourth-order valence-corrected chi connectivity index (χ4v) is 3.65. The monoisotopic (exact) mass is 498 g/mol. The summed E-state index contributed by atoms with van der Waals surface area (Å²) in [6.45, 7) is 0.00632. The number of anilines is 1. The van der Waals surface area contributed by atoms with Gasteiger partial charge in [-0.25, -0.2) is 18.4 Å². The van der Waals surface area contributed by atoms with Gasteiger partial charge in [-0.3, -0.25) is 4.79 Å². The highest BCUT2D eigenvalue weighted by atomic mass is 32.2. The second-order valence-corrected chi connectivity index (χ2v) is 9.00. The highest BCUT2D eigenvalue weighted by molar-refractivity contribution is 7.89. The molecule has 0 radical (unpaired) electrons. The Morgan fingerprint density at radius 3 is 2.20 bits per heavy atom. The summed E-state index contributed by atoms with van der Waals surface area (Å²) in [5.41, 5.74) is 1.58. The molecule has 9 nitrogen and oxygen atoms in total. The molecule has 0 aliphatic heterocycles. The molecule has 0 spiro atoms. The van der Waals surface area contributed by atoms with Crippen LogP contribution in [0.3, 0.4) is 0 Å². The SMILES string of the molecule is COc1ccc(CCC(=O)Nc2ccccc2C(=O)OCCOc2ccc(S(N)(=O)=O)cc2)cc1. The highest BCUT2D eigenvalue weighted by Crippen LogP contribution is 2.18. The normalized spacial score (nSPS) is 10.9. The van der Waals surface area contributed by atoms with Crippen molar-refractivity contribution < 1.29 is 32.2 Å². The summed E-state index contributed by atoms with van der Waals surface area (Å²) in [6, 6.07) is 19.6. The summed E-state index contributed by atoms with van der Waals surface area (Å²) >= 11 is 0. The quantitative estimate of drug-likeness (QED) is 0.306. The van der Waals surface area contributed by atoms with Crippen LogP contribution in [0.1, 0.15) is 22.3 Å². The number of carbonyl (C=O) groups excluding carboxylic acids is 2. The third-order valence-corrected chi connectivity index (χ3v) is 5.89. The molecule has 0 aromatic heterocycles. The van der Waals surface area contributed by atoms with E-state index in [0.717, 1.165) is 11.3 Å². The van der Waals surface area contributed by atoms with E-state index in [2.05, 4.69) is 5.32 Å².